The van der Waals surface area contributed by atoms with E-state index in [1.807, 2.05) is 12.1 Å². The molecular formula is C13H18N2O2. The molecule has 1 aromatic rings. The lowest BCUT2D eigenvalue weighted by Crippen LogP contribution is -2.44. The maximum Gasteiger partial charge on any atom is 0.222 e. The minimum absolute atomic E-state index is 0.139. The van der Waals surface area contributed by atoms with Crippen LogP contribution < -0.4 is 5.32 Å². The summed E-state index contributed by atoms with van der Waals surface area (Å²) in [6.07, 6.45) is 0.594. The van der Waals surface area contributed by atoms with Crippen molar-refractivity contribution >= 4 is 5.91 Å². The Morgan fingerprint density at radius 3 is 2.76 bits per heavy atom. The summed E-state index contributed by atoms with van der Waals surface area (Å²) in [5, 5.41) is 12.8. The Morgan fingerprint density at radius 2 is 2.18 bits per heavy atom. The van der Waals surface area contributed by atoms with Gasteiger partial charge < -0.3 is 15.3 Å². The van der Waals surface area contributed by atoms with E-state index in [-0.39, 0.29) is 11.7 Å². The number of hydrogen-bond acceptors (Lipinski definition) is 3. The van der Waals surface area contributed by atoms with Crippen molar-refractivity contribution in [2.75, 3.05) is 20.1 Å². The van der Waals surface area contributed by atoms with Crippen molar-refractivity contribution in [1.29, 1.82) is 0 Å². The summed E-state index contributed by atoms with van der Waals surface area (Å²) in [5.74, 6) is 0.867. The van der Waals surface area contributed by atoms with Gasteiger partial charge in [0, 0.05) is 25.6 Å². The Morgan fingerprint density at radius 1 is 1.47 bits per heavy atom. The number of carbonyl (C=O) groups is 1. The van der Waals surface area contributed by atoms with Gasteiger partial charge in [-0.3, -0.25) is 4.79 Å². The van der Waals surface area contributed by atoms with Crippen LogP contribution in [0.4, 0.5) is 0 Å². The summed E-state index contributed by atoms with van der Waals surface area (Å²) in [6.45, 7) is 2.35. The minimum Gasteiger partial charge on any atom is -0.508 e. The fourth-order valence-electron chi connectivity index (χ4n) is 1.88. The number of benzene rings is 1. The van der Waals surface area contributed by atoms with Crippen LogP contribution in [0.25, 0.3) is 0 Å². The van der Waals surface area contributed by atoms with Gasteiger partial charge in [0.05, 0.1) is 0 Å². The molecule has 0 spiro atoms. The molecule has 2 N–H and O–H groups in total. The topological polar surface area (TPSA) is 52.6 Å². The lowest BCUT2D eigenvalue weighted by molar-refractivity contribution is -0.131. The van der Waals surface area contributed by atoms with Crippen LogP contribution in [-0.4, -0.2) is 36.1 Å². The van der Waals surface area contributed by atoms with Crippen molar-refractivity contribution in [3.8, 4) is 5.75 Å². The van der Waals surface area contributed by atoms with Crippen molar-refractivity contribution in [3.05, 3.63) is 29.8 Å². The molecule has 0 aromatic heterocycles. The van der Waals surface area contributed by atoms with Gasteiger partial charge in [-0.15, -0.1) is 0 Å². The van der Waals surface area contributed by atoms with Gasteiger partial charge in [-0.25, -0.2) is 0 Å². The Kier molecular flexibility index (Phi) is 3.64. The molecule has 1 aromatic carbocycles. The lowest BCUT2D eigenvalue weighted by atomic mass is 9.98. The van der Waals surface area contributed by atoms with Crippen LogP contribution in [0.15, 0.2) is 24.3 Å². The zero-order valence-electron chi connectivity index (χ0n) is 10.0. The Hall–Kier alpha value is -1.55. The van der Waals surface area contributed by atoms with Crippen molar-refractivity contribution in [2.45, 2.75) is 13.0 Å². The van der Waals surface area contributed by atoms with Crippen molar-refractivity contribution < 1.29 is 9.90 Å². The van der Waals surface area contributed by atoms with Gasteiger partial charge in [0.2, 0.25) is 5.91 Å². The smallest absolute Gasteiger partial charge is 0.222 e. The fourth-order valence-corrected chi connectivity index (χ4v) is 1.88. The van der Waals surface area contributed by atoms with E-state index < -0.39 is 0 Å². The van der Waals surface area contributed by atoms with Gasteiger partial charge in [-0.1, -0.05) is 18.2 Å². The minimum atomic E-state index is 0.139. The highest BCUT2D eigenvalue weighted by Gasteiger charge is 2.22. The van der Waals surface area contributed by atoms with Gasteiger partial charge in [-0.2, -0.15) is 0 Å². The number of nitrogens with one attached hydrogen (secondary N) is 1. The largest absolute Gasteiger partial charge is 0.508 e. The fraction of sp³-hybridized carbons (Fsp3) is 0.462. The zero-order chi connectivity index (χ0) is 12.3. The van der Waals surface area contributed by atoms with Gasteiger partial charge in [0.25, 0.3) is 0 Å². The second-order valence-electron chi connectivity index (χ2n) is 4.61. The lowest BCUT2D eigenvalue weighted by Gasteiger charge is -2.28. The molecule has 0 saturated carbocycles. The molecule has 0 radical (unpaired) electrons. The third kappa shape index (κ3) is 2.97. The highest BCUT2D eigenvalue weighted by Crippen LogP contribution is 2.18. The molecular weight excluding hydrogens is 216 g/mol. The summed E-state index contributed by atoms with van der Waals surface area (Å²) in [7, 11) is 1.78. The molecule has 1 heterocycles. The van der Waals surface area contributed by atoms with E-state index in [1.54, 1.807) is 24.1 Å². The van der Waals surface area contributed by atoms with Crippen LogP contribution in [-0.2, 0) is 11.3 Å². The first-order chi connectivity index (χ1) is 8.16. The maximum atomic E-state index is 11.9. The molecule has 2 rings (SSSR count). The molecule has 4 nitrogen and oxygen atoms in total. The zero-order valence-corrected chi connectivity index (χ0v) is 10.0. The summed E-state index contributed by atoms with van der Waals surface area (Å²) in [5.41, 5.74) is 0.787. The molecule has 0 bridgehead atoms. The number of rotatable bonds is 4. The molecule has 1 aliphatic heterocycles. The van der Waals surface area contributed by atoms with E-state index >= 15 is 0 Å². The second kappa shape index (κ2) is 5.19. The first-order valence-corrected chi connectivity index (χ1v) is 5.88. The second-order valence-corrected chi connectivity index (χ2v) is 4.61. The molecule has 0 aliphatic carbocycles. The van der Waals surface area contributed by atoms with Crippen LogP contribution in [0.5, 0.6) is 5.75 Å². The van der Waals surface area contributed by atoms with Crippen molar-refractivity contribution in [2.24, 2.45) is 5.92 Å². The number of phenolic OH excluding ortho intramolecular Hbond substituents is 1. The van der Waals surface area contributed by atoms with Gasteiger partial charge in [-0.05, 0) is 25.1 Å². The summed E-state index contributed by atoms with van der Waals surface area (Å²) in [4.78, 5) is 13.6. The molecule has 1 fully saturated rings. The van der Waals surface area contributed by atoms with Crippen LogP contribution >= 0.6 is 0 Å². The number of hydrogen-bond donors (Lipinski definition) is 2. The van der Waals surface area contributed by atoms with Crippen LogP contribution in [0.2, 0.25) is 0 Å². The van der Waals surface area contributed by atoms with E-state index in [2.05, 4.69) is 5.32 Å². The molecule has 1 saturated heterocycles. The quantitative estimate of drug-likeness (QED) is 0.816. The molecule has 0 unspecified atom stereocenters. The summed E-state index contributed by atoms with van der Waals surface area (Å²) < 4.78 is 0. The molecule has 1 amide bonds. The normalized spacial score (nSPS) is 15.4. The predicted octanol–water partition coefficient (Wildman–Crippen LogP) is 0.960. The monoisotopic (exact) mass is 234 g/mol. The third-order valence-electron chi connectivity index (χ3n) is 3.15. The van der Waals surface area contributed by atoms with E-state index in [0.29, 0.717) is 18.9 Å². The van der Waals surface area contributed by atoms with Crippen molar-refractivity contribution in [1.82, 2.24) is 10.2 Å². The first-order valence-electron chi connectivity index (χ1n) is 5.88. The number of phenols is 1. The molecule has 1 aliphatic rings. The van der Waals surface area contributed by atoms with Gasteiger partial charge >= 0.3 is 0 Å². The summed E-state index contributed by atoms with van der Waals surface area (Å²) in [6, 6.07) is 7.12. The number of aromatic hydroxyl groups is 1. The predicted molar refractivity (Wildman–Crippen MR) is 65.6 cm³/mol. The van der Waals surface area contributed by atoms with Crippen LogP contribution in [0, 0.1) is 5.92 Å². The molecule has 0 atom stereocenters. The number of nitrogens with zero attached hydrogens (tertiary/aromatic N) is 1. The number of amides is 1. The van der Waals surface area contributed by atoms with E-state index in [4.69, 9.17) is 0 Å². The van der Waals surface area contributed by atoms with E-state index in [0.717, 1.165) is 18.7 Å². The maximum absolute atomic E-state index is 11.9. The van der Waals surface area contributed by atoms with Crippen molar-refractivity contribution in [3.63, 3.8) is 0 Å². The Balaban J connectivity index is 1.89. The standard InChI is InChI=1S/C13H18N2O2/c1-15(13(17)6-10-7-14-8-10)9-11-4-2-3-5-12(11)16/h2-5,10,14,16H,6-9H2,1H3. The molecule has 17 heavy (non-hydrogen) atoms. The Labute approximate surface area is 101 Å². The highest BCUT2D eigenvalue weighted by atomic mass is 16.3. The van der Waals surface area contributed by atoms with Gasteiger partial charge in [0.15, 0.2) is 0 Å². The number of para-hydroxylation sites is 1. The summed E-state index contributed by atoms with van der Waals surface area (Å²) >= 11 is 0. The van der Waals surface area contributed by atoms with Crippen LogP contribution in [0.1, 0.15) is 12.0 Å². The SMILES string of the molecule is CN(Cc1ccccc1O)C(=O)CC1CNC1. The average Bonchev–Trinajstić information content (AvgIpc) is 2.26. The Bertz CT molecular complexity index is 402. The molecule has 4 heteroatoms. The van der Waals surface area contributed by atoms with Gasteiger partial charge in [0.1, 0.15) is 5.75 Å². The highest BCUT2D eigenvalue weighted by molar-refractivity contribution is 5.76. The van der Waals surface area contributed by atoms with Crippen LogP contribution in [0.3, 0.4) is 0 Å². The first kappa shape index (κ1) is 11.9. The average molecular weight is 234 g/mol. The van der Waals surface area contributed by atoms with E-state index in [1.165, 1.54) is 0 Å². The van der Waals surface area contributed by atoms with E-state index in [9.17, 15) is 9.90 Å². The third-order valence-corrected chi connectivity index (χ3v) is 3.15. The molecule has 92 valence electrons. The number of carbonyl (C=O) groups excluding carboxylic acids is 1.